The molecule has 3 aromatic heterocycles. The van der Waals surface area contributed by atoms with Crippen molar-refractivity contribution in [1.82, 2.24) is 14.5 Å². The molecular weight excluding hydrogens is 827 g/mol. The first-order valence-corrected chi connectivity index (χ1v) is 17.9. The summed E-state index contributed by atoms with van der Waals surface area (Å²) in [5, 5.41) is 1.04. The summed E-state index contributed by atoms with van der Waals surface area (Å²) in [5.74, 6) is 1.75. The molecule has 0 aliphatic heterocycles. The summed E-state index contributed by atoms with van der Waals surface area (Å²) < 4.78 is 30.1. The molecule has 0 atom stereocenters. The zero-order valence-electron chi connectivity index (χ0n) is 34.0. The third-order valence-electron chi connectivity index (χ3n) is 9.72. The standard InChI is InChI=1S/C36H35N2O.C12H10N.Ir/c1-22(2)27-13-10-14-28(23(3)4)30(27)20-38-33-16-8-7-15-32(33)37-36(38)31-21-39-34-18-17-26(19-29(31)34)35-24(5)11-9-12-25(35)6;1-10-7-8-12(13-9-10)11-5-3-2-4-6-11;/h7-19,22-23H,20H2,1-6H3;2-5,7-9H,1H3;/q2*-1;/i;1D3;. The van der Waals surface area contributed by atoms with Crippen LogP contribution < -0.4 is 0 Å². The van der Waals surface area contributed by atoms with Crippen LogP contribution in [0.25, 0.3) is 55.8 Å². The Hall–Kier alpha value is -5.09. The Bertz CT molecular complexity index is 2540. The Morgan fingerprint density at radius 2 is 1.51 bits per heavy atom. The smallest absolute Gasteiger partial charge is 0.0770 e. The van der Waals surface area contributed by atoms with Gasteiger partial charge in [0.25, 0.3) is 0 Å². The van der Waals surface area contributed by atoms with E-state index in [2.05, 4.69) is 142 Å². The van der Waals surface area contributed by atoms with Crippen LogP contribution in [-0.4, -0.2) is 14.5 Å². The summed E-state index contributed by atoms with van der Waals surface area (Å²) in [4.78, 5) is 9.28. The second kappa shape index (κ2) is 16.3. The van der Waals surface area contributed by atoms with E-state index in [1.165, 1.54) is 45.1 Å². The molecule has 0 saturated heterocycles. The van der Waals surface area contributed by atoms with Crippen molar-refractivity contribution in [1.29, 1.82) is 0 Å². The van der Waals surface area contributed by atoms with Gasteiger partial charge in [-0.2, -0.15) is 0 Å². The average molecular weight is 875 g/mol. The summed E-state index contributed by atoms with van der Waals surface area (Å²) >= 11 is 0. The Kier molecular flexibility index (Phi) is 10.4. The maximum absolute atomic E-state index is 7.23. The molecule has 0 fully saturated rings. The van der Waals surface area contributed by atoms with Gasteiger partial charge in [0.2, 0.25) is 0 Å². The quantitative estimate of drug-likeness (QED) is 0.150. The molecule has 0 aliphatic rings. The van der Waals surface area contributed by atoms with E-state index in [1.807, 2.05) is 18.2 Å². The molecule has 0 saturated carbocycles. The second-order valence-corrected chi connectivity index (χ2v) is 14.0. The summed E-state index contributed by atoms with van der Waals surface area (Å²) in [6, 6.07) is 41.9. The monoisotopic (exact) mass is 875 g/mol. The van der Waals surface area contributed by atoms with Gasteiger partial charge in [-0.05, 0) is 94.9 Å². The normalized spacial score (nSPS) is 12.3. The van der Waals surface area contributed by atoms with E-state index in [9.17, 15) is 0 Å². The van der Waals surface area contributed by atoms with Gasteiger partial charge in [0.05, 0.1) is 16.9 Å². The number of aryl methyl sites for hydroxylation is 3. The van der Waals surface area contributed by atoms with Crippen molar-refractivity contribution < 1.29 is 28.6 Å². The van der Waals surface area contributed by atoms with E-state index in [0.717, 1.165) is 51.2 Å². The number of nitrogens with zero attached hydrogens (tertiary/aromatic N) is 3. The molecule has 0 amide bonds. The van der Waals surface area contributed by atoms with Gasteiger partial charge in [-0.15, -0.1) is 35.9 Å². The Morgan fingerprint density at radius 1 is 0.792 bits per heavy atom. The van der Waals surface area contributed by atoms with E-state index in [4.69, 9.17) is 13.5 Å². The molecule has 0 N–H and O–H groups in total. The number of aromatic nitrogens is 3. The fourth-order valence-corrected chi connectivity index (χ4v) is 7.14. The van der Waals surface area contributed by atoms with Gasteiger partial charge in [0.15, 0.2) is 0 Å². The Balaban J connectivity index is 0.000000263. The third kappa shape index (κ3) is 7.83. The van der Waals surface area contributed by atoms with Crippen molar-refractivity contribution in [3.05, 3.63) is 167 Å². The number of benzene rings is 5. The number of pyridine rings is 1. The molecule has 1 radical (unpaired) electrons. The van der Waals surface area contributed by atoms with Crippen molar-refractivity contribution in [2.24, 2.45) is 0 Å². The van der Waals surface area contributed by atoms with Crippen LogP contribution in [0.4, 0.5) is 0 Å². The summed E-state index contributed by atoms with van der Waals surface area (Å²) in [7, 11) is 0. The van der Waals surface area contributed by atoms with Crippen molar-refractivity contribution >= 4 is 22.0 Å². The Morgan fingerprint density at radius 3 is 2.17 bits per heavy atom. The predicted octanol–water partition coefficient (Wildman–Crippen LogP) is 12.7. The van der Waals surface area contributed by atoms with E-state index < -0.39 is 6.85 Å². The molecule has 8 aromatic rings. The first-order valence-electron chi connectivity index (χ1n) is 19.4. The fourth-order valence-electron chi connectivity index (χ4n) is 7.14. The van der Waals surface area contributed by atoms with Crippen LogP contribution >= 0.6 is 0 Å². The van der Waals surface area contributed by atoms with Crippen molar-refractivity contribution in [2.75, 3.05) is 0 Å². The summed E-state index contributed by atoms with van der Waals surface area (Å²) in [6.45, 7) is 12.1. The van der Waals surface area contributed by atoms with Crippen LogP contribution in [0.2, 0.25) is 0 Å². The molecule has 5 aromatic carbocycles. The minimum Gasteiger partial charge on any atom is -0.557 e. The van der Waals surface area contributed by atoms with E-state index >= 15 is 0 Å². The van der Waals surface area contributed by atoms with Gasteiger partial charge in [-0.25, -0.2) is 0 Å². The van der Waals surface area contributed by atoms with Gasteiger partial charge in [-0.3, -0.25) is 4.98 Å². The molecule has 0 unspecified atom stereocenters. The molecule has 53 heavy (non-hydrogen) atoms. The number of para-hydroxylation sites is 2. The minimum absolute atomic E-state index is 0. The Labute approximate surface area is 331 Å². The molecule has 3 heterocycles. The van der Waals surface area contributed by atoms with E-state index in [1.54, 1.807) is 18.2 Å². The van der Waals surface area contributed by atoms with Crippen LogP contribution in [0.1, 0.15) is 77.0 Å². The summed E-state index contributed by atoms with van der Waals surface area (Å²) in [5.41, 5.74) is 14.8. The first kappa shape index (κ1) is 33.7. The molecule has 0 aliphatic carbocycles. The van der Waals surface area contributed by atoms with Crippen LogP contribution in [0.15, 0.2) is 126 Å². The molecule has 0 spiro atoms. The molecule has 4 nitrogen and oxygen atoms in total. The van der Waals surface area contributed by atoms with Crippen molar-refractivity contribution in [3.8, 4) is 33.8 Å². The number of imidazole rings is 1. The molecular formula is C48H45IrN3O-2. The predicted molar refractivity (Wildman–Crippen MR) is 216 cm³/mol. The number of hydrogen-bond donors (Lipinski definition) is 0. The van der Waals surface area contributed by atoms with Crippen molar-refractivity contribution in [2.45, 2.75) is 66.8 Å². The zero-order valence-corrected chi connectivity index (χ0v) is 33.4. The van der Waals surface area contributed by atoms with E-state index in [-0.39, 0.29) is 25.7 Å². The van der Waals surface area contributed by atoms with Crippen LogP contribution in [0.3, 0.4) is 0 Å². The average Bonchev–Trinajstić information content (AvgIpc) is 3.76. The van der Waals surface area contributed by atoms with Gasteiger partial charge in [0.1, 0.15) is 0 Å². The number of hydrogen-bond acceptors (Lipinski definition) is 3. The largest absolute Gasteiger partial charge is 0.557 e. The van der Waals surface area contributed by atoms with Gasteiger partial charge in [-0.1, -0.05) is 118 Å². The van der Waals surface area contributed by atoms with Crippen LogP contribution in [0.5, 0.6) is 0 Å². The number of rotatable bonds is 7. The SMILES string of the molecule is Cc1cccc(C)c1-c1ccc2o[c-]c(-c3nc4ccccc4n3Cc3c(C(C)C)cccc3C(C)C)c2c1.[2H]C([2H])([2H])c1ccc(-c2[c-]cccc2)nc1.[Ir]. The molecule has 5 heteroatoms. The van der Waals surface area contributed by atoms with Crippen molar-refractivity contribution in [3.63, 3.8) is 0 Å². The third-order valence-corrected chi connectivity index (χ3v) is 9.72. The molecule has 8 rings (SSSR count). The van der Waals surface area contributed by atoms with Crippen LogP contribution in [-0.2, 0) is 26.7 Å². The van der Waals surface area contributed by atoms with Gasteiger partial charge < -0.3 is 14.0 Å². The maximum atomic E-state index is 7.23. The number of furan rings is 1. The topological polar surface area (TPSA) is 43.9 Å². The minimum atomic E-state index is -2.09. The van der Waals surface area contributed by atoms with E-state index in [0.29, 0.717) is 11.8 Å². The van der Waals surface area contributed by atoms with Gasteiger partial charge >= 0.3 is 0 Å². The first-order chi connectivity index (χ1) is 26.4. The maximum Gasteiger partial charge on any atom is 0.0770 e. The zero-order chi connectivity index (χ0) is 38.9. The van der Waals surface area contributed by atoms with Gasteiger partial charge in [0, 0.05) is 48.8 Å². The van der Waals surface area contributed by atoms with Crippen LogP contribution in [0, 0.1) is 33.0 Å². The summed E-state index contributed by atoms with van der Waals surface area (Å²) in [6.07, 6.45) is 4.63. The second-order valence-electron chi connectivity index (χ2n) is 14.0. The molecule has 0 bridgehead atoms. The number of fused-ring (bicyclic) bond motifs is 2. The molecule has 269 valence electrons. The fraction of sp³-hybridized carbons (Fsp3) is 0.208.